The molecular weight excluding hydrogens is 204 g/mol. The Labute approximate surface area is 87.6 Å². The van der Waals surface area contributed by atoms with Gasteiger partial charge in [-0.25, -0.2) is 4.98 Å². The molecule has 14 heavy (non-hydrogen) atoms. The van der Waals surface area contributed by atoms with Crippen molar-refractivity contribution >= 4 is 17.3 Å². The zero-order chi connectivity index (χ0) is 10.6. The second kappa shape index (κ2) is 5.14. The van der Waals surface area contributed by atoms with Gasteiger partial charge in [-0.05, 0) is 13.0 Å². The van der Waals surface area contributed by atoms with Crippen LogP contribution in [0.5, 0.6) is 0 Å². The van der Waals surface area contributed by atoms with Crippen LogP contribution in [-0.4, -0.2) is 27.8 Å². The van der Waals surface area contributed by atoms with Crippen molar-refractivity contribution in [3.05, 3.63) is 23.0 Å². The summed E-state index contributed by atoms with van der Waals surface area (Å²) in [7, 11) is 0. The number of hydrogen-bond donors (Lipinski definition) is 3. The maximum absolute atomic E-state index is 9.01. The van der Waals surface area contributed by atoms with Crippen LogP contribution >= 0.6 is 11.6 Å². The van der Waals surface area contributed by atoms with Gasteiger partial charge in [0, 0.05) is 23.5 Å². The van der Waals surface area contributed by atoms with Crippen LogP contribution in [0.15, 0.2) is 12.3 Å². The van der Waals surface area contributed by atoms with E-state index < -0.39 is 0 Å². The van der Waals surface area contributed by atoms with Crippen molar-refractivity contribution in [2.45, 2.75) is 19.6 Å². The Balaban J connectivity index is 2.87. The number of nitrogens with one attached hydrogen (secondary N) is 1. The summed E-state index contributed by atoms with van der Waals surface area (Å²) in [6.07, 6.45) is 1.51. The lowest BCUT2D eigenvalue weighted by atomic mass is 10.2. The number of aliphatic hydroxyl groups excluding tert-OH is 2. The van der Waals surface area contributed by atoms with E-state index in [9.17, 15) is 0 Å². The molecule has 0 bridgehead atoms. The second-order valence-corrected chi connectivity index (χ2v) is 3.44. The van der Waals surface area contributed by atoms with Crippen LogP contribution < -0.4 is 5.32 Å². The van der Waals surface area contributed by atoms with Gasteiger partial charge in [-0.1, -0.05) is 11.6 Å². The topological polar surface area (TPSA) is 65.4 Å². The minimum atomic E-state index is -0.106. The van der Waals surface area contributed by atoms with E-state index in [1.54, 1.807) is 6.07 Å². The average Bonchev–Trinajstić information content (AvgIpc) is 2.18. The molecule has 1 heterocycles. The molecular formula is C9H13ClN2O2. The van der Waals surface area contributed by atoms with Gasteiger partial charge in [0.2, 0.25) is 0 Å². The van der Waals surface area contributed by atoms with Crippen LogP contribution in [0.2, 0.25) is 5.15 Å². The largest absolute Gasteiger partial charge is 0.394 e. The molecule has 1 aromatic heterocycles. The monoisotopic (exact) mass is 216 g/mol. The number of rotatable bonds is 4. The summed E-state index contributed by atoms with van der Waals surface area (Å²) in [5.41, 5.74) is 1.36. The Bertz CT molecular complexity index is 307. The van der Waals surface area contributed by atoms with Crippen LogP contribution in [-0.2, 0) is 6.61 Å². The van der Waals surface area contributed by atoms with Gasteiger partial charge in [0.25, 0.3) is 0 Å². The minimum Gasteiger partial charge on any atom is -0.394 e. The van der Waals surface area contributed by atoms with E-state index in [-0.39, 0.29) is 19.3 Å². The molecule has 1 aromatic rings. The summed E-state index contributed by atoms with van der Waals surface area (Å²) in [4.78, 5) is 3.85. The van der Waals surface area contributed by atoms with Gasteiger partial charge >= 0.3 is 0 Å². The van der Waals surface area contributed by atoms with Crippen LogP contribution in [0.4, 0.5) is 5.69 Å². The average molecular weight is 217 g/mol. The summed E-state index contributed by atoms with van der Waals surface area (Å²) in [5, 5.41) is 21.2. The maximum atomic E-state index is 9.01. The Morgan fingerprint density at radius 2 is 2.29 bits per heavy atom. The number of aliphatic hydroxyl groups is 2. The van der Waals surface area contributed by atoms with Crippen molar-refractivity contribution in [2.75, 3.05) is 11.9 Å². The third-order valence-corrected chi connectivity index (χ3v) is 2.01. The Morgan fingerprint density at radius 3 is 2.86 bits per heavy atom. The number of anilines is 1. The van der Waals surface area contributed by atoms with Crippen molar-refractivity contribution in [2.24, 2.45) is 0 Å². The minimum absolute atomic E-state index is 0.0187. The third kappa shape index (κ3) is 2.83. The van der Waals surface area contributed by atoms with Gasteiger partial charge in [0.15, 0.2) is 0 Å². The van der Waals surface area contributed by atoms with Crippen molar-refractivity contribution < 1.29 is 10.2 Å². The molecule has 78 valence electrons. The Hall–Kier alpha value is -0.840. The van der Waals surface area contributed by atoms with Gasteiger partial charge in [0.05, 0.1) is 13.2 Å². The maximum Gasteiger partial charge on any atom is 0.131 e. The van der Waals surface area contributed by atoms with Gasteiger partial charge < -0.3 is 15.5 Å². The first-order chi connectivity index (χ1) is 6.67. The molecule has 1 rings (SSSR count). The van der Waals surface area contributed by atoms with Gasteiger partial charge in [-0.3, -0.25) is 0 Å². The van der Waals surface area contributed by atoms with E-state index in [0.717, 1.165) is 0 Å². The standard InChI is InChI=1S/C9H13ClN2O2/c1-6(4-13)12-8-2-9(10)11-3-7(8)5-14/h2-3,6,13-14H,4-5H2,1H3,(H,11,12). The molecule has 0 radical (unpaired) electrons. The summed E-state index contributed by atoms with van der Waals surface area (Å²) in [6.45, 7) is 1.74. The number of nitrogens with zero attached hydrogens (tertiary/aromatic N) is 1. The fraction of sp³-hybridized carbons (Fsp3) is 0.444. The molecule has 1 unspecified atom stereocenters. The first-order valence-electron chi connectivity index (χ1n) is 4.30. The van der Waals surface area contributed by atoms with Crippen LogP contribution in [0.1, 0.15) is 12.5 Å². The first-order valence-corrected chi connectivity index (χ1v) is 4.68. The Morgan fingerprint density at radius 1 is 1.57 bits per heavy atom. The summed E-state index contributed by atoms with van der Waals surface area (Å²) < 4.78 is 0. The molecule has 0 aliphatic rings. The van der Waals surface area contributed by atoms with E-state index in [4.69, 9.17) is 21.8 Å². The third-order valence-electron chi connectivity index (χ3n) is 1.80. The predicted molar refractivity (Wildman–Crippen MR) is 55.3 cm³/mol. The molecule has 0 amide bonds. The van der Waals surface area contributed by atoms with E-state index >= 15 is 0 Å². The molecule has 1 atom stereocenters. The highest BCUT2D eigenvalue weighted by atomic mass is 35.5. The zero-order valence-electron chi connectivity index (χ0n) is 7.87. The van der Waals surface area contributed by atoms with Gasteiger partial charge in [-0.15, -0.1) is 0 Å². The van der Waals surface area contributed by atoms with Gasteiger partial charge in [0.1, 0.15) is 5.15 Å². The van der Waals surface area contributed by atoms with Crippen LogP contribution in [0, 0.1) is 0 Å². The van der Waals surface area contributed by atoms with Crippen LogP contribution in [0.3, 0.4) is 0 Å². The van der Waals surface area contributed by atoms with E-state index in [0.29, 0.717) is 16.4 Å². The highest BCUT2D eigenvalue weighted by Gasteiger charge is 2.06. The molecule has 5 heteroatoms. The number of aromatic nitrogens is 1. The van der Waals surface area contributed by atoms with Crippen molar-refractivity contribution in [3.8, 4) is 0 Å². The molecule has 0 saturated carbocycles. The number of pyridine rings is 1. The molecule has 0 aliphatic carbocycles. The van der Waals surface area contributed by atoms with E-state index in [1.807, 2.05) is 6.92 Å². The normalized spacial score (nSPS) is 12.6. The van der Waals surface area contributed by atoms with E-state index in [1.165, 1.54) is 6.20 Å². The summed E-state index contributed by atoms with van der Waals surface area (Å²) in [6, 6.07) is 1.54. The second-order valence-electron chi connectivity index (χ2n) is 3.05. The molecule has 0 spiro atoms. The summed E-state index contributed by atoms with van der Waals surface area (Å²) in [5.74, 6) is 0. The smallest absolute Gasteiger partial charge is 0.131 e. The fourth-order valence-corrected chi connectivity index (χ4v) is 1.19. The van der Waals surface area contributed by atoms with Gasteiger partial charge in [-0.2, -0.15) is 0 Å². The van der Waals surface area contributed by atoms with Crippen molar-refractivity contribution in [1.29, 1.82) is 0 Å². The molecule has 0 fully saturated rings. The quantitative estimate of drug-likeness (QED) is 0.658. The SMILES string of the molecule is CC(CO)Nc1cc(Cl)ncc1CO. The lowest BCUT2D eigenvalue weighted by Crippen LogP contribution is -2.20. The number of hydrogen-bond acceptors (Lipinski definition) is 4. The molecule has 0 saturated heterocycles. The molecule has 4 nitrogen and oxygen atoms in total. The highest BCUT2D eigenvalue weighted by molar-refractivity contribution is 6.29. The van der Waals surface area contributed by atoms with Crippen molar-refractivity contribution in [1.82, 2.24) is 4.98 Å². The lowest BCUT2D eigenvalue weighted by Gasteiger charge is -2.15. The van der Waals surface area contributed by atoms with Crippen molar-refractivity contribution in [3.63, 3.8) is 0 Å². The molecule has 3 N–H and O–H groups in total. The first kappa shape index (κ1) is 11.2. The fourth-order valence-electron chi connectivity index (χ4n) is 1.03. The highest BCUT2D eigenvalue weighted by Crippen LogP contribution is 2.19. The lowest BCUT2D eigenvalue weighted by molar-refractivity contribution is 0.277. The molecule has 0 aromatic carbocycles. The molecule has 0 aliphatic heterocycles. The number of halogens is 1. The zero-order valence-corrected chi connectivity index (χ0v) is 8.62. The van der Waals surface area contributed by atoms with E-state index in [2.05, 4.69) is 10.3 Å². The summed E-state index contributed by atoms with van der Waals surface area (Å²) >= 11 is 5.71. The predicted octanol–water partition coefficient (Wildman–Crippen LogP) is 1.02. The van der Waals surface area contributed by atoms with Crippen LogP contribution in [0.25, 0.3) is 0 Å². The Kier molecular flexibility index (Phi) is 4.13.